The highest BCUT2D eigenvalue weighted by Gasteiger charge is 2.43. The maximum absolute atomic E-state index is 14.2. The molecule has 766 valence electrons. The Morgan fingerprint density at radius 1 is 0.538 bits per heavy atom. The summed E-state index contributed by atoms with van der Waals surface area (Å²) in [4.78, 5) is 164. The van der Waals surface area contributed by atoms with Crippen LogP contribution in [-0.2, 0) is 112 Å². The number of methoxy groups -OCH3 is 2. The van der Waals surface area contributed by atoms with E-state index < -0.39 is 179 Å². The predicted octanol–water partition coefficient (Wildman–Crippen LogP) is 3.91. The average molecular weight is 2050 g/mol. The molecule has 0 radical (unpaired) electrons. The van der Waals surface area contributed by atoms with Crippen LogP contribution in [0.1, 0.15) is 129 Å². The monoisotopic (exact) mass is 2050 g/mol. The van der Waals surface area contributed by atoms with Gasteiger partial charge in [-0.1, -0.05) is 103 Å². The van der Waals surface area contributed by atoms with Crippen LogP contribution < -0.4 is 77.0 Å². The summed E-state index contributed by atoms with van der Waals surface area (Å²) in [5.41, 5.74) is 12.3. The van der Waals surface area contributed by atoms with Gasteiger partial charge < -0.3 is 86.9 Å². The lowest BCUT2D eigenvalue weighted by molar-refractivity contribution is -0.143. The fourth-order valence-corrected chi connectivity index (χ4v) is 21.9. The second-order valence-electron chi connectivity index (χ2n) is 34.5. The van der Waals surface area contributed by atoms with E-state index in [0.717, 1.165) is 46.9 Å². The molecule has 9 aromatic rings. The first-order chi connectivity index (χ1) is 67.9. The lowest BCUT2D eigenvalue weighted by Crippen LogP contribution is -2.55. The molecule has 7 aromatic carbocycles. The zero-order valence-electron chi connectivity index (χ0n) is 80.1. The Labute approximate surface area is 828 Å². The molecule has 11 rings (SSSR count). The Morgan fingerprint density at radius 2 is 0.979 bits per heavy atom. The van der Waals surface area contributed by atoms with Crippen LogP contribution in [0.5, 0.6) is 11.5 Å². The quantitative estimate of drug-likeness (QED) is 0.0111. The topological polar surface area (TPSA) is 604 Å². The zero-order valence-corrected chi connectivity index (χ0v) is 83.4. The minimum absolute atomic E-state index is 0.0567. The van der Waals surface area contributed by atoms with Crippen LogP contribution in [-0.4, -0.2) is 267 Å². The number of esters is 2. The van der Waals surface area contributed by atoms with Crippen molar-refractivity contribution in [1.29, 1.82) is 0 Å². The summed E-state index contributed by atoms with van der Waals surface area (Å²) < 4.78 is 153. The summed E-state index contributed by atoms with van der Waals surface area (Å²) in [6.45, 7) is 5.45. The molecule has 0 aliphatic carbocycles. The molecule has 143 heavy (non-hydrogen) atoms. The van der Waals surface area contributed by atoms with Crippen molar-refractivity contribution in [3.05, 3.63) is 238 Å². The van der Waals surface area contributed by atoms with Crippen LogP contribution in [0.15, 0.2) is 186 Å². The van der Waals surface area contributed by atoms with Gasteiger partial charge in [0, 0.05) is 152 Å². The van der Waals surface area contributed by atoms with Crippen molar-refractivity contribution in [2.24, 2.45) is 5.73 Å². The number of nitrogens with one attached hydrogen (secondary N) is 11. The SMILES string of the molecule is COC(=O)[C@H](CNC(=O)C1CC(=O)c2ccc(CNc3ncc[nH]3)cc2N1C)NS(=O)(=O)c1c(C)cc(OCCCC(=O)NCCN(C(=O)CC[C@H](N)C(=O)N[C@@H](CS(=O)(=O)O)C(=O)NCCNC(=O)CCCOc2cc(C)c(S(=O)(=O)N[C@@H](CNC(=O)C3CC(=O)c4ccc(CNc5nccn5C(c5ccccc5)(c5ccccc5)c5ccccc5)cc4N3C)C(=O)OC)c(C)c2)[C@H](C)CS(=O)(=O)O)cc1C. The van der Waals surface area contributed by atoms with E-state index in [0.29, 0.717) is 40.9 Å². The molecule has 0 saturated heterocycles. The minimum atomic E-state index is -4.98. The summed E-state index contributed by atoms with van der Waals surface area (Å²) in [5.74, 6) is -8.95. The second-order valence-corrected chi connectivity index (χ2v) is 40.8. The summed E-state index contributed by atoms with van der Waals surface area (Å²) in [5, 5.41) is 21.5. The van der Waals surface area contributed by atoms with Crippen LogP contribution in [0.2, 0.25) is 0 Å². The third-order valence-electron chi connectivity index (χ3n) is 24.1. The van der Waals surface area contributed by atoms with E-state index >= 15 is 0 Å². The predicted molar refractivity (Wildman–Crippen MR) is 527 cm³/mol. The molecule has 47 heteroatoms. The van der Waals surface area contributed by atoms with Crippen LogP contribution in [0.25, 0.3) is 0 Å². The normalized spacial score (nSPS) is 14.9. The molecule has 4 heterocycles. The molecule has 2 aliphatic rings. The lowest BCUT2D eigenvalue weighted by Gasteiger charge is -2.38. The highest BCUT2D eigenvalue weighted by Crippen LogP contribution is 2.43. The van der Waals surface area contributed by atoms with E-state index in [1.54, 1.807) is 66.8 Å². The summed E-state index contributed by atoms with van der Waals surface area (Å²) in [7, 11) is -13.4. The Kier molecular flexibility index (Phi) is 37.5. The smallest absolute Gasteiger partial charge is 0.325 e. The number of sulfonamides is 2. The molecule has 15 N–H and O–H groups in total. The van der Waals surface area contributed by atoms with Gasteiger partial charge in [0.25, 0.3) is 20.2 Å². The molecule has 0 fully saturated rings. The molecule has 0 saturated carbocycles. The maximum atomic E-state index is 14.2. The van der Waals surface area contributed by atoms with E-state index in [2.05, 4.69) is 103 Å². The van der Waals surface area contributed by atoms with E-state index in [1.807, 2.05) is 72.9 Å². The number of anilines is 4. The number of rotatable bonds is 51. The minimum Gasteiger partial charge on any atom is -0.494 e. The van der Waals surface area contributed by atoms with Gasteiger partial charge in [0.2, 0.25) is 67.3 Å². The number of hydrogen-bond donors (Lipinski definition) is 14. The van der Waals surface area contributed by atoms with Gasteiger partial charge in [0.05, 0.1) is 49.0 Å². The number of ether oxygens (including phenoxy) is 4. The fourth-order valence-electron chi connectivity index (χ4n) is 17.2. The van der Waals surface area contributed by atoms with Crippen molar-refractivity contribution >= 4 is 128 Å². The van der Waals surface area contributed by atoms with Gasteiger partial charge in [-0.2, -0.15) is 26.3 Å². The Hall–Kier alpha value is -14.1. The van der Waals surface area contributed by atoms with E-state index in [1.165, 1.54) is 58.9 Å². The average Bonchev–Trinajstić information content (AvgIpc) is 1.69. The number of aryl methyl sites for hydroxylation is 4. The molecule has 0 spiro atoms. The first kappa shape index (κ1) is 109. The van der Waals surface area contributed by atoms with Crippen LogP contribution in [0, 0.1) is 27.7 Å². The highest BCUT2D eigenvalue weighted by atomic mass is 32.2. The number of fused-ring (bicyclic) bond motifs is 2. The summed E-state index contributed by atoms with van der Waals surface area (Å²) in [6, 6.07) is 36.4. The number of carbonyl (C=O) groups excluding carboxylic acids is 11. The maximum Gasteiger partial charge on any atom is 0.325 e. The Bertz CT molecular complexity index is 6460. The number of amides is 7. The number of nitrogens with zero attached hydrogens (tertiary/aromatic N) is 6. The number of imidazole rings is 2. The number of nitrogens with two attached hydrogens (primary N) is 1. The van der Waals surface area contributed by atoms with Crippen molar-refractivity contribution in [3.8, 4) is 11.5 Å². The number of aromatic nitrogens is 4. The lowest BCUT2D eigenvalue weighted by atomic mass is 9.76. The molecular formula is C96H118N18O25S4. The standard InChI is InChI=1S/C96H118N18O25S4/c1-59-45-69(46-60(2)86(59)142(132,133)110-75(93(125)137-9)56-105-91(123)80-52-82(116)72-32-30-65(50-78(72)112(80)7)54-107-95-103-40-42-114(95)96(66-21-13-10-14-22-66,67-23-15-11-16-24-67)68-25-17-12-18-26-68)138-43-19-27-83(117)98-35-36-100-89(121)76(58-141(129,130)131)108-88(120)73(97)33-34-85(119)113(63(5)57-140(126,127)128)41-39-99-84(118)28-20-44-139-70-47-61(3)87(62(4)48-70)143(134,135)109-74(92(124)136-8)55-104-90(122)79-51-81(115)71-31-29-64(49-77(71)111(79)6)53-106-94-101-37-38-102-94/h10-18,21-26,29-32,37-38,40,42,45-50,63,73-76,79-80,109-110H,19-20,27-28,33-36,39,41,43-44,51-58,97H2,1-9H3,(H,98,117)(H,99,118)(H,100,121)(H,103,107)(H,104,122)(H,105,123)(H,108,120)(H2,101,102,106)(H,126,127,128)(H,129,130,131)/t63-,73+,74+,75+,76+,79?,80?/m1/s1. The van der Waals surface area contributed by atoms with Crippen molar-refractivity contribution in [1.82, 2.24) is 65.8 Å². The van der Waals surface area contributed by atoms with E-state index in [-0.39, 0.29) is 140 Å². The second kappa shape index (κ2) is 49.1. The number of H-pyrrole nitrogens is 1. The van der Waals surface area contributed by atoms with Crippen molar-refractivity contribution in [2.45, 2.75) is 157 Å². The number of aromatic amines is 1. The molecule has 2 unspecified atom stereocenters. The molecule has 43 nitrogen and oxygen atoms in total. The number of hydrogen-bond acceptors (Lipinski definition) is 30. The molecule has 2 aliphatic heterocycles. The molecule has 2 aromatic heterocycles. The van der Waals surface area contributed by atoms with Gasteiger partial charge in [0.1, 0.15) is 53.0 Å². The van der Waals surface area contributed by atoms with Gasteiger partial charge in [-0.15, -0.1) is 0 Å². The van der Waals surface area contributed by atoms with Gasteiger partial charge in [-0.25, -0.2) is 26.8 Å². The molecular weight excluding hydrogens is 1930 g/mol. The van der Waals surface area contributed by atoms with Gasteiger partial charge >= 0.3 is 11.9 Å². The molecule has 7 amide bonds. The van der Waals surface area contributed by atoms with Crippen LogP contribution in [0.3, 0.4) is 0 Å². The van der Waals surface area contributed by atoms with Gasteiger partial charge in [-0.3, -0.25) is 66.4 Å². The third kappa shape index (κ3) is 28.9. The first-order valence-electron chi connectivity index (χ1n) is 45.7. The zero-order chi connectivity index (χ0) is 104. The van der Waals surface area contributed by atoms with Crippen molar-refractivity contribution < 1.29 is 114 Å². The first-order valence-corrected chi connectivity index (χ1v) is 51.8. The fraction of sp³-hybridized carbons (Fsp3) is 0.385. The molecule has 0 bridgehead atoms. The largest absolute Gasteiger partial charge is 0.494 e. The number of Topliss-reactive ketones (excluding diaryl/α,β-unsaturated/α-hetero) is 2. The van der Waals surface area contributed by atoms with Crippen molar-refractivity contribution in [3.63, 3.8) is 0 Å². The third-order valence-corrected chi connectivity index (χ3v) is 29.3. The Morgan fingerprint density at radius 3 is 1.41 bits per heavy atom. The number of carbonyl (C=O) groups is 11. The Balaban J connectivity index is 0.585. The highest BCUT2D eigenvalue weighted by molar-refractivity contribution is 7.90. The van der Waals surface area contributed by atoms with Crippen LogP contribution >= 0.6 is 0 Å². The van der Waals surface area contributed by atoms with Gasteiger partial charge in [0.15, 0.2) is 17.5 Å². The van der Waals surface area contributed by atoms with Crippen LogP contribution in [0.4, 0.5) is 23.3 Å². The number of ketones is 2. The molecule has 7 atom stereocenters. The van der Waals surface area contributed by atoms with Crippen molar-refractivity contribution in [2.75, 3.05) is 113 Å². The van der Waals surface area contributed by atoms with Gasteiger partial charge in [-0.05, 0) is 152 Å². The number of likely N-dealkylation sites (N-methyl/N-ethyl adjacent to an activating group) is 2. The number of benzene rings is 7. The summed E-state index contributed by atoms with van der Waals surface area (Å²) >= 11 is 0. The van der Waals surface area contributed by atoms with E-state index in [9.17, 15) is 95.5 Å². The summed E-state index contributed by atoms with van der Waals surface area (Å²) in [6.07, 6.45) is 5.34. The van der Waals surface area contributed by atoms with E-state index in [4.69, 9.17) is 29.7 Å².